The number of fused-ring (bicyclic) bond motifs is 2. The summed E-state index contributed by atoms with van der Waals surface area (Å²) in [5.74, 6) is -0.724. The fourth-order valence-electron chi connectivity index (χ4n) is 3.65. The number of phenolic OH excluding ortho intramolecular Hbond substituents is 1. The van der Waals surface area contributed by atoms with E-state index in [2.05, 4.69) is 10.2 Å². The molecule has 0 fully saturated rings. The molecule has 29 heavy (non-hydrogen) atoms. The molecule has 0 spiro atoms. The Morgan fingerprint density at radius 1 is 0.828 bits per heavy atom. The number of aryl methyl sites for hydroxylation is 1. The van der Waals surface area contributed by atoms with Gasteiger partial charge in [-0.15, -0.1) is 15.0 Å². The molecule has 1 aliphatic rings. The van der Waals surface area contributed by atoms with Crippen LogP contribution in [0.25, 0.3) is 16.7 Å². The minimum Gasteiger partial charge on any atom is -0.506 e. The molecule has 3 aromatic carbocycles. The fraction of sp³-hybridized carbons (Fsp3) is 0.0909. The van der Waals surface area contributed by atoms with Gasteiger partial charge in [0.2, 0.25) is 0 Å². The van der Waals surface area contributed by atoms with Crippen LogP contribution in [0.4, 0.5) is 0 Å². The molecule has 142 valence electrons. The van der Waals surface area contributed by atoms with E-state index >= 15 is 0 Å². The number of carbonyl (C=O) groups is 2. The van der Waals surface area contributed by atoms with Crippen molar-refractivity contribution in [2.45, 2.75) is 13.5 Å². The highest BCUT2D eigenvalue weighted by Crippen LogP contribution is 2.32. The molecule has 0 saturated heterocycles. The summed E-state index contributed by atoms with van der Waals surface area (Å²) in [5.41, 5.74) is 3.92. The Kier molecular flexibility index (Phi) is 3.70. The number of hydrogen-bond donors (Lipinski definition) is 1. The first kappa shape index (κ1) is 17.1. The predicted molar refractivity (Wildman–Crippen MR) is 106 cm³/mol. The Morgan fingerprint density at radius 2 is 1.38 bits per heavy atom. The highest BCUT2D eigenvalue weighted by Gasteiger charge is 2.36. The lowest BCUT2D eigenvalue weighted by atomic mass is 10.0. The highest BCUT2D eigenvalue weighted by atomic mass is 16.3. The number of aromatic nitrogens is 3. The van der Waals surface area contributed by atoms with Crippen molar-refractivity contribution in [2.24, 2.45) is 0 Å². The molecule has 0 unspecified atom stereocenters. The van der Waals surface area contributed by atoms with Gasteiger partial charge in [0.05, 0.1) is 17.7 Å². The molecule has 0 bridgehead atoms. The minimum atomic E-state index is -0.349. The van der Waals surface area contributed by atoms with Crippen molar-refractivity contribution >= 4 is 22.8 Å². The van der Waals surface area contributed by atoms with Gasteiger partial charge in [-0.2, -0.15) is 0 Å². The van der Waals surface area contributed by atoms with Crippen molar-refractivity contribution < 1.29 is 14.7 Å². The maximum absolute atomic E-state index is 12.8. The van der Waals surface area contributed by atoms with Crippen LogP contribution in [0, 0.1) is 6.92 Å². The van der Waals surface area contributed by atoms with Crippen LogP contribution in [-0.4, -0.2) is 36.8 Å². The SMILES string of the molecule is Cc1ccc(O)c(-n2nc3ccccc3n2)c1CN1C(=O)c2ccccc2C1=O. The topological polar surface area (TPSA) is 88.3 Å². The molecular weight excluding hydrogens is 368 g/mol. The predicted octanol–water partition coefficient (Wildman–Crippen LogP) is 3.23. The van der Waals surface area contributed by atoms with E-state index in [1.807, 2.05) is 31.2 Å². The van der Waals surface area contributed by atoms with Gasteiger partial charge < -0.3 is 5.11 Å². The number of phenols is 1. The molecule has 7 nitrogen and oxygen atoms in total. The normalized spacial score (nSPS) is 13.3. The molecule has 0 atom stereocenters. The summed E-state index contributed by atoms with van der Waals surface area (Å²) in [5, 5.41) is 19.5. The number of hydrogen-bond acceptors (Lipinski definition) is 5. The van der Waals surface area contributed by atoms with E-state index in [0.29, 0.717) is 33.4 Å². The van der Waals surface area contributed by atoms with Crippen LogP contribution in [0.5, 0.6) is 5.75 Å². The van der Waals surface area contributed by atoms with Crippen LogP contribution in [0.2, 0.25) is 0 Å². The zero-order valence-electron chi connectivity index (χ0n) is 15.5. The maximum atomic E-state index is 12.8. The third kappa shape index (κ3) is 2.59. The lowest BCUT2D eigenvalue weighted by Gasteiger charge is -2.19. The first-order valence-electron chi connectivity index (χ1n) is 9.14. The van der Waals surface area contributed by atoms with Gasteiger partial charge in [-0.05, 0) is 42.8 Å². The smallest absolute Gasteiger partial charge is 0.261 e. The first-order chi connectivity index (χ1) is 14.0. The van der Waals surface area contributed by atoms with Crippen LogP contribution in [0.3, 0.4) is 0 Å². The van der Waals surface area contributed by atoms with E-state index in [1.165, 1.54) is 9.70 Å². The molecule has 7 heteroatoms. The summed E-state index contributed by atoms with van der Waals surface area (Å²) >= 11 is 0. The van der Waals surface area contributed by atoms with E-state index in [4.69, 9.17) is 0 Å². The average molecular weight is 384 g/mol. The maximum Gasteiger partial charge on any atom is 0.261 e. The van der Waals surface area contributed by atoms with Gasteiger partial charge in [0.1, 0.15) is 22.5 Å². The van der Waals surface area contributed by atoms with Gasteiger partial charge in [0.25, 0.3) is 11.8 Å². The monoisotopic (exact) mass is 384 g/mol. The summed E-state index contributed by atoms with van der Waals surface area (Å²) < 4.78 is 0. The molecule has 0 aliphatic carbocycles. The zero-order valence-corrected chi connectivity index (χ0v) is 15.5. The van der Waals surface area contributed by atoms with Gasteiger partial charge >= 0.3 is 0 Å². The van der Waals surface area contributed by atoms with Crippen LogP contribution in [0.15, 0.2) is 60.7 Å². The molecular formula is C22H16N4O3. The standard InChI is InChI=1S/C22H16N4O3/c1-13-10-11-19(27)20(26-23-17-8-4-5-9-18(17)24-26)16(13)12-25-21(28)14-6-2-3-7-15(14)22(25)29/h2-11,27H,12H2,1H3. The van der Waals surface area contributed by atoms with E-state index in [1.54, 1.807) is 36.4 Å². The molecule has 4 aromatic rings. The van der Waals surface area contributed by atoms with Crippen molar-refractivity contribution in [1.29, 1.82) is 0 Å². The number of nitrogens with zero attached hydrogens (tertiary/aromatic N) is 4. The van der Waals surface area contributed by atoms with Crippen LogP contribution in [-0.2, 0) is 6.54 Å². The van der Waals surface area contributed by atoms with E-state index in [-0.39, 0.29) is 24.1 Å². The Labute approximate surface area is 165 Å². The molecule has 5 rings (SSSR count). The summed E-state index contributed by atoms with van der Waals surface area (Å²) in [6.45, 7) is 1.87. The molecule has 1 N–H and O–H groups in total. The zero-order chi connectivity index (χ0) is 20.1. The number of amides is 2. The third-order valence-electron chi connectivity index (χ3n) is 5.18. The molecule has 2 heterocycles. The molecule has 0 radical (unpaired) electrons. The quantitative estimate of drug-likeness (QED) is 0.548. The molecule has 1 aliphatic heterocycles. The van der Waals surface area contributed by atoms with Gasteiger partial charge in [0, 0.05) is 5.56 Å². The second kappa shape index (κ2) is 6.27. The third-order valence-corrected chi connectivity index (χ3v) is 5.18. The summed E-state index contributed by atoms with van der Waals surface area (Å²) in [6, 6.07) is 17.4. The average Bonchev–Trinajstić information content (AvgIpc) is 3.26. The van der Waals surface area contributed by atoms with Gasteiger partial charge in [-0.3, -0.25) is 14.5 Å². The minimum absolute atomic E-state index is 0.0137. The Hall–Kier alpha value is -4.00. The number of benzene rings is 3. The van der Waals surface area contributed by atoms with Crippen molar-refractivity contribution in [3.05, 3.63) is 82.9 Å². The van der Waals surface area contributed by atoms with E-state index in [0.717, 1.165) is 5.56 Å². The summed E-state index contributed by atoms with van der Waals surface area (Å²) in [4.78, 5) is 28.2. The van der Waals surface area contributed by atoms with Gasteiger partial charge in [0.15, 0.2) is 0 Å². The number of rotatable bonds is 3. The van der Waals surface area contributed by atoms with Crippen molar-refractivity contribution in [3.8, 4) is 11.4 Å². The van der Waals surface area contributed by atoms with E-state index < -0.39 is 0 Å². The number of aromatic hydroxyl groups is 1. The second-order valence-corrected chi connectivity index (χ2v) is 6.95. The van der Waals surface area contributed by atoms with Crippen molar-refractivity contribution in [3.63, 3.8) is 0 Å². The van der Waals surface area contributed by atoms with Gasteiger partial charge in [-0.25, -0.2) is 0 Å². The lowest BCUT2D eigenvalue weighted by Crippen LogP contribution is -2.30. The van der Waals surface area contributed by atoms with Crippen LogP contribution >= 0.6 is 0 Å². The Morgan fingerprint density at radius 3 is 1.97 bits per heavy atom. The molecule has 1 aromatic heterocycles. The Bertz CT molecular complexity index is 1240. The summed E-state index contributed by atoms with van der Waals surface area (Å²) in [7, 11) is 0. The fourth-order valence-corrected chi connectivity index (χ4v) is 3.65. The Balaban J connectivity index is 1.62. The van der Waals surface area contributed by atoms with Crippen LogP contribution < -0.4 is 0 Å². The van der Waals surface area contributed by atoms with Crippen molar-refractivity contribution in [1.82, 2.24) is 19.9 Å². The van der Waals surface area contributed by atoms with Crippen LogP contribution in [0.1, 0.15) is 31.8 Å². The highest BCUT2D eigenvalue weighted by molar-refractivity contribution is 6.21. The number of imide groups is 1. The molecule has 0 saturated carbocycles. The second-order valence-electron chi connectivity index (χ2n) is 6.95. The molecule has 2 amide bonds. The van der Waals surface area contributed by atoms with Crippen molar-refractivity contribution in [2.75, 3.05) is 0 Å². The summed E-state index contributed by atoms with van der Waals surface area (Å²) in [6.07, 6.45) is 0. The number of carbonyl (C=O) groups excluding carboxylic acids is 2. The van der Waals surface area contributed by atoms with E-state index in [9.17, 15) is 14.7 Å². The largest absolute Gasteiger partial charge is 0.506 e. The lowest BCUT2D eigenvalue weighted by molar-refractivity contribution is 0.0642. The first-order valence-corrected chi connectivity index (χ1v) is 9.14. The van der Waals surface area contributed by atoms with Gasteiger partial charge in [-0.1, -0.05) is 30.3 Å².